The van der Waals surface area contributed by atoms with Crippen molar-refractivity contribution in [1.82, 2.24) is 0 Å². The lowest BCUT2D eigenvalue weighted by Crippen LogP contribution is -1.72. The quantitative estimate of drug-likeness (QED) is 0.602. The number of nitriles is 1. The van der Waals surface area contributed by atoms with Gasteiger partial charge in [-0.1, -0.05) is 36.9 Å². The van der Waals surface area contributed by atoms with Crippen LogP contribution in [0, 0.1) is 11.3 Å². The summed E-state index contributed by atoms with van der Waals surface area (Å²) in [6.07, 6.45) is 5.02. The molecule has 0 heterocycles. The van der Waals surface area contributed by atoms with Crippen molar-refractivity contribution in [3.63, 3.8) is 0 Å². The molecule has 0 bridgehead atoms. The second-order valence-corrected chi connectivity index (χ2v) is 2.33. The van der Waals surface area contributed by atoms with Crippen LogP contribution in [0.15, 0.2) is 36.9 Å². The van der Waals surface area contributed by atoms with Crippen molar-refractivity contribution in [2.45, 2.75) is 0 Å². The minimum absolute atomic E-state index is 1.03. The zero-order chi connectivity index (χ0) is 8.81. The first-order valence-electron chi connectivity index (χ1n) is 3.65. The van der Waals surface area contributed by atoms with Crippen molar-refractivity contribution in [3.8, 4) is 6.07 Å². The Hall–Kier alpha value is -1.81. The molecule has 1 nitrogen and oxygen atoms in total. The minimum Gasteiger partial charge on any atom is -0.193 e. The van der Waals surface area contributed by atoms with Crippen LogP contribution in [0.25, 0.3) is 12.2 Å². The number of benzene rings is 1. The molecular weight excluding hydrogens is 146 g/mol. The average molecular weight is 155 g/mol. The van der Waals surface area contributed by atoms with Crippen molar-refractivity contribution in [2.24, 2.45) is 0 Å². The minimum atomic E-state index is 1.03. The number of allylic oxidation sites excluding steroid dienone is 1. The van der Waals surface area contributed by atoms with Crippen LogP contribution in [0.1, 0.15) is 11.1 Å². The summed E-state index contributed by atoms with van der Waals surface area (Å²) in [6.45, 7) is 3.65. The first-order chi connectivity index (χ1) is 5.86. The summed E-state index contributed by atoms with van der Waals surface area (Å²) in [6, 6.07) is 9.77. The lowest BCUT2D eigenvalue weighted by molar-refractivity contribution is 1.53. The molecule has 12 heavy (non-hydrogen) atoms. The van der Waals surface area contributed by atoms with Gasteiger partial charge in [-0.25, -0.2) is 0 Å². The highest BCUT2D eigenvalue weighted by Crippen LogP contribution is 2.06. The van der Waals surface area contributed by atoms with Gasteiger partial charge in [-0.3, -0.25) is 0 Å². The van der Waals surface area contributed by atoms with Crippen LogP contribution in [0.3, 0.4) is 0 Å². The maximum Gasteiger partial charge on any atom is 0.0912 e. The summed E-state index contributed by atoms with van der Waals surface area (Å²) in [5.74, 6) is 0. The van der Waals surface area contributed by atoms with Gasteiger partial charge in [-0.2, -0.15) is 5.26 Å². The van der Waals surface area contributed by atoms with E-state index in [1.807, 2.05) is 30.3 Å². The topological polar surface area (TPSA) is 23.8 Å². The molecule has 0 aromatic heterocycles. The van der Waals surface area contributed by atoms with E-state index in [4.69, 9.17) is 5.26 Å². The van der Waals surface area contributed by atoms with Crippen molar-refractivity contribution >= 4 is 12.2 Å². The third kappa shape index (κ3) is 2.10. The van der Waals surface area contributed by atoms with E-state index >= 15 is 0 Å². The van der Waals surface area contributed by atoms with Gasteiger partial charge in [0.05, 0.1) is 6.07 Å². The van der Waals surface area contributed by atoms with Crippen molar-refractivity contribution in [1.29, 1.82) is 5.26 Å². The Morgan fingerprint density at radius 2 is 1.75 bits per heavy atom. The molecule has 0 spiro atoms. The average Bonchev–Trinajstić information content (AvgIpc) is 2.15. The molecule has 58 valence electrons. The van der Waals surface area contributed by atoms with Gasteiger partial charge in [0.15, 0.2) is 0 Å². The fourth-order valence-electron chi connectivity index (χ4n) is 0.877. The molecule has 1 rings (SSSR count). The number of hydrogen-bond acceptors (Lipinski definition) is 1. The van der Waals surface area contributed by atoms with E-state index in [1.165, 1.54) is 6.08 Å². The van der Waals surface area contributed by atoms with E-state index < -0.39 is 0 Å². The number of nitrogens with zero attached hydrogens (tertiary/aromatic N) is 1. The van der Waals surface area contributed by atoms with Crippen LogP contribution in [0.5, 0.6) is 0 Å². The largest absolute Gasteiger partial charge is 0.193 e. The summed E-state index contributed by atoms with van der Waals surface area (Å²) in [5.41, 5.74) is 2.12. The van der Waals surface area contributed by atoms with Crippen LogP contribution in [0.4, 0.5) is 0 Å². The first-order valence-corrected chi connectivity index (χ1v) is 3.65. The summed E-state index contributed by atoms with van der Waals surface area (Å²) in [5, 5.41) is 8.28. The Labute approximate surface area is 72.3 Å². The van der Waals surface area contributed by atoms with E-state index in [9.17, 15) is 0 Å². The summed E-state index contributed by atoms with van der Waals surface area (Å²) in [7, 11) is 0. The van der Waals surface area contributed by atoms with Gasteiger partial charge in [-0.05, 0) is 17.2 Å². The summed E-state index contributed by atoms with van der Waals surface area (Å²) >= 11 is 0. The molecule has 0 aliphatic carbocycles. The van der Waals surface area contributed by atoms with Gasteiger partial charge in [0.1, 0.15) is 0 Å². The Kier molecular flexibility index (Phi) is 2.87. The maximum atomic E-state index is 8.28. The Morgan fingerprint density at radius 1 is 1.17 bits per heavy atom. The fourth-order valence-corrected chi connectivity index (χ4v) is 0.877. The van der Waals surface area contributed by atoms with Gasteiger partial charge < -0.3 is 0 Å². The predicted molar refractivity (Wildman–Crippen MR) is 51.2 cm³/mol. The number of hydrogen-bond donors (Lipinski definition) is 0. The lowest BCUT2D eigenvalue weighted by atomic mass is 10.1. The maximum absolute atomic E-state index is 8.28. The normalized spacial score (nSPS) is 9.58. The highest BCUT2D eigenvalue weighted by atomic mass is 14.2. The Balaban J connectivity index is 2.86. The predicted octanol–water partition coefficient (Wildman–Crippen LogP) is 2.87. The SMILES string of the molecule is C=Cc1ccc(/C=C/C#N)cc1. The molecule has 0 amide bonds. The molecule has 0 aliphatic heterocycles. The first kappa shape index (κ1) is 8.29. The standard InChI is InChI=1S/C11H9N/c1-2-10-5-7-11(8-6-10)4-3-9-12/h2-8H,1H2/b4-3+. The highest BCUT2D eigenvalue weighted by Gasteiger charge is 1.85. The van der Waals surface area contributed by atoms with Crippen molar-refractivity contribution in [3.05, 3.63) is 48.0 Å². The third-order valence-electron chi connectivity index (χ3n) is 1.52. The lowest BCUT2D eigenvalue weighted by Gasteiger charge is -1.93. The molecule has 0 radical (unpaired) electrons. The zero-order valence-corrected chi connectivity index (χ0v) is 6.70. The van der Waals surface area contributed by atoms with E-state index in [2.05, 4.69) is 6.58 Å². The molecule has 0 N–H and O–H groups in total. The van der Waals surface area contributed by atoms with Crippen LogP contribution >= 0.6 is 0 Å². The number of rotatable bonds is 2. The molecule has 1 heteroatoms. The van der Waals surface area contributed by atoms with Crippen LogP contribution in [0.2, 0.25) is 0 Å². The zero-order valence-electron chi connectivity index (χ0n) is 6.70. The molecule has 0 saturated carbocycles. The second-order valence-electron chi connectivity index (χ2n) is 2.33. The molecule has 0 aliphatic rings. The van der Waals surface area contributed by atoms with E-state index in [0.717, 1.165) is 11.1 Å². The molecule has 0 atom stereocenters. The van der Waals surface area contributed by atoms with Gasteiger partial charge in [-0.15, -0.1) is 0 Å². The molecule has 1 aromatic carbocycles. The van der Waals surface area contributed by atoms with Gasteiger partial charge >= 0.3 is 0 Å². The summed E-state index contributed by atoms with van der Waals surface area (Å²) in [4.78, 5) is 0. The van der Waals surface area contributed by atoms with E-state index in [1.54, 1.807) is 12.2 Å². The molecule has 0 saturated heterocycles. The monoisotopic (exact) mass is 155 g/mol. The van der Waals surface area contributed by atoms with Crippen LogP contribution < -0.4 is 0 Å². The third-order valence-corrected chi connectivity index (χ3v) is 1.52. The summed E-state index contributed by atoms with van der Waals surface area (Å²) < 4.78 is 0. The second kappa shape index (κ2) is 4.15. The van der Waals surface area contributed by atoms with Gasteiger partial charge in [0.25, 0.3) is 0 Å². The van der Waals surface area contributed by atoms with Gasteiger partial charge in [0, 0.05) is 6.08 Å². The van der Waals surface area contributed by atoms with E-state index in [0.29, 0.717) is 0 Å². The Bertz CT molecular complexity index is 325. The fraction of sp³-hybridized carbons (Fsp3) is 0. The molecule has 0 fully saturated rings. The molecule has 1 aromatic rings. The van der Waals surface area contributed by atoms with Crippen LogP contribution in [-0.2, 0) is 0 Å². The molecular formula is C11H9N. The smallest absolute Gasteiger partial charge is 0.0912 e. The highest BCUT2D eigenvalue weighted by molar-refractivity contribution is 5.55. The van der Waals surface area contributed by atoms with Gasteiger partial charge in [0.2, 0.25) is 0 Å². The van der Waals surface area contributed by atoms with Crippen molar-refractivity contribution in [2.75, 3.05) is 0 Å². The van der Waals surface area contributed by atoms with E-state index in [-0.39, 0.29) is 0 Å². The van der Waals surface area contributed by atoms with Crippen LogP contribution in [-0.4, -0.2) is 0 Å². The molecule has 0 unspecified atom stereocenters. The van der Waals surface area contributed by atoms with Crippen molar-refractivity contribution < 1.29 is 0 Å². The Morgan fingerprint density at radius 3 is 2.25 bits per heavy atom.